The summed E-state index contributed by atoms with van der Waals surface area (Å²) in [5.74, 6) is -2.87. The molecule has 8 atom stereocenters. The van der Waals surface area contributed by atoms with Gasteiger partial charge in [0, 0.05) is 16.7 Å². The van der Waals surface area contributed by atoms with Crippen molar-refractivity contribution in [2.24, 2.45) is 28.6 Å². The maximum absolute atomic E-state index is 17.0. The number of phosphoric acid groups is 1. The minimum Gasteiger partial charge on any atom is -0.390 e. The molecule has 0 aromatic rings. The van der Waals surface area contributed by atoms with E-state index in [2.05, 4.69) is 4.52 Å². The van der Waals surface area contributed by atoms with Crippen LogP contribution in [0.25, 0.3) is 0 Å². The Kier molecular flexibility index (Phi) is 5.34. The minimum atomic E-state index is -4.93. The van der Waals surface area contributed by atoms with Gasteiger partial charge < -0.3 is 20.0 Å². The Balaban J connectivity index is 1.74. The van der Waals surface area contributed by atoms with Crippen LogP contribution in [0.5, 0.6) is 0 Å². The van der Waals surface area contributed by atoms with Crippen LogP contribution in [0.15, 0.2) is 23.8 Å². The average molecular weight is 472 g/mol. The summed E-state index contributed by atoms with van der Waals surface area (Å²) in [4.78, 5) is 42.8. The van der Waals surface area contributed by atoms with Crippen LogP contribution in [-0.4, -0.2) is 55.5 Å². The van der Waals surface area contributed by atoms with Crippen LogP contribution in [0.4, 0.5) is 4.39 Å². The zero-order chi connectivity index (χ0) is 23.9. The fourth-order valence-electron chi connectivity index (χ4n) is 7.39. The molecule has 0 aromatic carbocycles. The first kappa shape index (κ1) is 23.9. The Morgan fingerprint density at radius 2 is 1.97 bits per heavy atom. The SMILES string of the molecule is C[C@@H]1C[C@@H]2[C@H]3CCC4=CC(=O)C=C[C@@]4(C)[C@@]3(F)[C@@H](O)C[C@@]2(C)[C@@]1(O)C(=O)COP(=O)(O)O. The standard InChI is InChI=1S/C22H30FO8P/c1-12-8-16-15-5-4-13-9-14(24)6-7-19(13,2)21(15,23)17(25)10-20(16,3)22(12,27)18(26)11-31-32(28,29)30/h6-7,9,12,15-17,25,27H,4-5,8,10-11H2,1-3H3,(H2,28,29,30)/t12-,15-,16-,17+,19-,20-,21+,22+/m1/s1. The van der Waals surface area contributed by atoms with Gasteiger partial charge in [-0.1, -0.05) is 25.5 Å². The summed E-state index contributed by atoms with van der Waals surface area (Å²) in [5, 5.41) is 22.8. The number of phosphoric ester groups is 1. The third-order valence-electron chi connectivity index (χ3n) is 9.01. The Hall–Kier alpha value is -1.22. The van der Waals surface area contributed by atoms with Crippen LogP contribution in [0.2, 0.25) is 0 Å². The number of Topliss-reactive ketones (excluding diaryl/α,β-unsaturated/α-hetero) is 1. The number of carbonyl (C=O) groups is 2. The van der Waals surface area contributed by atoms with Crippen molar-refractivity contribution in [2.45, 2.75) is 63.8 Å². The topological polar surface area (TPSA) is 141 Å². The Morgan fingerprint density at radius 1 is 1.31 bits per heavy atom. The molecule has 3 fully saturated rings. The fourth-order valence-corrected chi connectivity index (χ4v) is 7.68. The van der Waals surface area contributed by atoms with Gasteiger partial charge in [0.15, 0.2) is 17.2 Å². The number of fused-ring (bicyclic) bond motifs is 5. The predicted octanol–water partition coefficient (Wildman–Crippen LogP) is 2.01. The Morgan fingerprint density at radius 3 is 2.59 bits per heavy atom. The van der Waals surface area contributed by atoms with E-state index in [1.54, 1.807) is 20.8 Å². The third kappa shape index (κ3) is 2.95. The van der Waals surface area contributed by atoms with Gasteiger partial charge in [0.25, 0.3) is 0 Å². The number of hydrogen-bond donors (Lipinski definition) is 4. The largest absolute Gasteiger partial charge is 0.470 e. The van der Waals surface area contributed by atoms with Crippen molar-refractivity contribution in [3.05, 3.63) is 23.8 Å². The molecule has 32 heavy (non-hydrogen) atoms. The molecule has 4 aliphatic carbocycles. The smallest absolute Gasteiger partial charge is 0.390 e. The van der Waals surface area contributed by atoms with E-state index >= 15 is 4.39 Å². The van der Waals surface area contributed by atoms with Crippen molar-refractivity contribution in [3.63, 3.8) is 0 Å². The quantitative estimate of drug-likeness (QED) is 0.456. The maximum Gasteiger partial charge on any atom is 0.470 e. The van der Waals surface area contributed by atoms with E-state index in [9.17, 15) is 24.4 Å². The zero-order valence-electron chi connectivity index (χ0n) is 18.3. The first-order valence-electron chi connectivity index (χ1n) is 10.9. The van der Waals surface area contributed by atoms with Gasteiger partial charge in [0.2, 0.25) is 0 Å². The number of hydrogen-bond acceptors (Lipinski definition) is 6. The van der Waals surface area contributed by atoms with Crippen LogP contribution >= 0.6 is 7.82 Å². The summed E-state index contributed by atoms with van der Waals surface area (Å²) >= 11 is 0. The molecule has 0 saturated heterocycles. The number of ketones is 2. The van der Waals surface area contributed by atoms with Crippen LogP contribution in [0.3, 0.4) is 0 Å². The van der Waals surface area contributed by atoms with Gasteiger partial charge >= 0.3 is 7.82 Å². The summed E-state index contributed by atoms with van der Waals surface area (Å²) < 4.78 is 32.5. The molecule has 4 rings (SSSR count). The lowest BCUT2D eigenvalue weighted by Crippen LogP contribution is -2.69. The van der Waals surface area contributed by atoms with Gasteiger partial charge in [-0.05, 0) is 56.6 Å². The number of halogens is 1. The summed E-state index contributed by atoms with van der Waals surface area (Å²) in [6.45, 7) is 4.00. The predicted molar refractivity (Wildman–Crippen MR) is 111 cm³/mol. The number of rotatable bonds is 4. The molecule has 0 spiro atoms. The van der Waals surface area contributed by atoms with Crippen molar-refractivity contribution >= 4 is 19.4 Å². The second kappa shape index (κ2) is 7.14. The summed E-state index contributed by atoms with van der Waals surface area (Å²) in [7, 11) is -4.93. The van der Waals surface area contributed by atoms with Gasteiger partial charge in [0.1, 0.15) is 12.2 Å². The molecule has 0 aliphatic heterocycles. The monoisotopic (exact) mass is 472 g/mol. The maximum atomic E-state index is 17.0. The van der Waals surface area contributed by atoms with E-state index in [1.807, 2.05) is 0 Å². The van der Waals surface area contributed by atoms with E-state index in [-0.39, 0.29) is 12.2 Å². The molecule has 4 N–H and O–H groups in total. The molecule has 10 heteroatoms. The van der Waals surface area contributed by atoms with Gasteiger partial charge in [0.05, 0.1) is 6.10 Å². The fraction of sp³-hybridized carbons (Fsp3) is 0.727. The van der Waals surface area contributed by atoms with Gasteiger partial charge in [-0.25, -0.2) is 8.96 Å². The first-order chi connectivity index (χ1) is 14.6. The lowest BCUT2D eigenvalue weighted by Gasteiger charge is -2.62. The highest BCUT2D eigenvalue weighted by Gasteiger charge is 2.75. The molecule has 3 saturated carbocycles. The summed E-state index contributed by atoms with van der Waals surface area (Å²) in [5.41, 5.74) is -5.88. The van der Waals surface area contributed by atoms with Crippen molar-refractivity contribution in [1.82, 2.24) is 0 Å². The average Bonchev–Trinajstić information content (AvgIpc) is 2.89. The minimum absolute atomic E-state index is 0.211. The highest BCUT2D eigenvalue weighted by Crippen LogP contribution is 2.70. The third-order valence-corrected chi connectivity index (χ3v) is 9.48. The summed E-state index contributed by atoms with van der Waals surface area (Å²) in [6, 6.07) is 0. The Bertz CT molecular complexity index is 973. The van der Waals surface area contributed by atoms with Crippen molar-refractivity contribution in [3.8, 4) is 0 Å². The lowest BCUT2D eigenvalue weighted by molar-refractivity contribution is -0.219. The molecular weight excluding hydrogens is 442 g/mol. The second-order valence-electron chi connectivity index (χ2n) is 10.4. The number of aliphatic hydroxyl groups excluding tert-OH is 1. The van der Waals surface area contributed by atoms with E-state index < -0.39 is 66.2 Å². The number of carbonyl (C=O) groups excluding carboxylic acids is 2. The number of alkyl halides is 1. The van der Waals surface area contributed by atoms with Crippen molar-refractivity contribution in [2.75, 3.05) is 6.61 Å². The van der Waals surface area contributed by atoms with E-state index in [1.165, 1.54) is 18.2 Å². The van der Waals surface area contributed by atoms with Crippen molar-refractivity contribution in [1.29, 1.82) is 0 Å². The molecule has 8 nitrogen and oxygen atoms in total. The molecular formula is C22H30FO8P. The van der Waals surface area contributed by atoms with Crippen LogP contribution in [0.1, 0.15) is 46.5 Å². The number of aliphatic hydroxyl groups is 2. The zero-order valence-corrected chi connectivity index (χ0v) is 19.2. The molecule has 178 valence electrons. The van der Waals surface area contributed by atoms with E-state index in [4.69, 9.17) is 9.79 Å². The van der Waals surface area contributed by atoms with Crippen molar-refractivity contribution < 1.29 is 43.1 Å². The molecule has 0 amide bonds. The van der Waals surface area contributed by atoms with E-state index in [0.29, 0.717) is 24.8 Å². The normalized spacial score (nSPS) is 48.0. The second-order valence-corrected chi connectivity index (χ2v) is 11.6. The van der Waals surface area contributed by atoms with Crippen LogP contribution in [-0.2, 0) is 18.7 Å². The summed E-state index contributed by atoms with van der Waals surface area (Å²) in [6.07, 6.45) is 3.70. The van der Waals surface area contributed by atoms with Crippen LogP contribution in [0, 0.1) is 28.6 Å². The molecule has 4 aliphatic rings. The highest BCUT2D eigenvalue weighted by molar-refractivity contribution is 7.46. The van der Waals surface area contributed by atoms with Gasteiger partial charge in [-0.2, -0.15) is 0 Å². The first-order valence-corrected chi connectivity index (χ1v) is 12.4. The van der Waals surface area contributed by atoms with Gasteiger partial charge in [-0.15, -0.1) is 0 Å². The number of allylic oxidation sites excluding steroid dienone is 4. The molecule has 0 unspecified atom stereocenters. The Labute approximate surface area is 185 Å². The van der Waals surface area contributed by atoms with Gasteiger partial charge in [-0.3, -0.25) is 14.1 Å². The molecule has 0 radical (unpaired) electrons. The molecule has 0 bridgehead atoms. The lowest BCUT2D eigenvalue weighted by atomic mass is 9.44. The molecule has 0 aromatic heterocycles. The molecule has 0 heterocycles. The highest BCUT2D eigenvalue weighted by atomic mass is 31.2. The van der Waals surface area contributed by atoms with E-state index in [0.717, 1.165) is 0 Å². The van der Waals surface area contributed by atoms with Crippen LogP contribution < -0.4 is 0 Å².